The van der Waals surface area contributed by atoms with E-state index in [1.165, 1.54) is 18.2 Å². The SMILES string of the molecule is COc1ccc(-c2cc(=O)oc3c(C)c(OCC(=O)NC(Cc4c[nH]c5ccc(O)cc45)C(=O)O)ccc23)cc1. The van der Waals surface area contributed by atoms with Gasteiger partial charge in [-0.3, -0.25) is 4.79 Å². The molecule has 0 aliphatic rings. The number of rotatable bonds is 9. The zero-order valence-electron chi connectivity index (χ0n) is 21.7. The quantitative estimate of drug-likeness (QED) is 0.203. The van der Waals surface area contributed by atoms with Crippen molar-refractivity contribution in [2.75, 3.05) is 13.7 Å². The van der Waals surface area contributed by atoms with Gasteiger partial charge in [-0.25, -0.2) is 9.59 Å². The van der Waals surface area contributed by atoms with E-state index in [2.05, 4.69) is 10.3 Å². The maximum atomic E-state index is 12.7. The van der Waals surface area contributed by atoms with Crippen LogP contribution in [0.15, 0.2) is 76.1 Å². The lowest BCUT2D eigenvalue weighted by Gasteiger charge is -2.16. The molecule has 0 saturated heterocycles. The second-order valence-corrected chi connectivity index (χ2v) is 9.27. The molecule has 0 bridgehead atoms. The number of benzene rings is 3. The highest BCUT2D eigenvalue weighted by molar-refractivity contribution is 5.96. The highest BCUT2D eigenvalue weighted by Gasteiger charge is 2.23. The number of ether oxygens (including phenoxy) is 2. The number of aromatic amines is 1. The number of amides is 1. The molecule has 204 valence electrons. The number of fused-ring (bicyclic) bond motifs is 2. The summed E-state index contributed by atoms with van der Waals surface area (Å²) in [6.45, 7) is 1.26. The van der Waals surface area contributed by atoms with Crippen LogP contribution >= 0.6 is 0 Å². The molecule has 0 aliphatic heterocycles. The largest absolute Gasteiger partial charge is 0.508 e. The summed E-state index contributed by atoms with van der Waals surface area (Å²) in [6.07, 6.45) is 1.65. The van der Waals surface area contributed by atoms with Gasteiger partial charge >= 0.3 is 11.6 Å². The molecule has 4 N–H and O–H groups in total. The molecule has 10 nitrogen and oxygen atoms in total. The van der Waals surface area contributed by atoms with Gasteiger partial charge in [0.2, 0.25) is 0 Å². The zero-order chi connectivity index (χ0) is 28.4. The third kappa shape index (κ3) is 5.32. The Bertz CT molecular complexity index is 1790. The highest BCUT2D eigenvalue weighted by Crippen LogP contribution is 2.33. The third-order valence-corrected chi connectivity index (χ3v) is 6.68. The maximum absolute atomic E-state index is 12.7. The predicted octanol–water partition coefficient (Wildman–Crippen LogP) is 4.15. The van der Waals surface area contributed by atoms with Crippen molar-refractivity contribution in [3.8, 4) is 28.4 Å². The lowest BCUT2D eigenvalue weighted by atomic mass is 10.00. The fraction of sp³-hybridized carbons (Fsp3) is 0.167. The van der Waals surface area contributed by atoms with E-state index in [-0.39, 0.29) is 12.2 Å². The molecule has 2 heterocycles. The Kier molecular flexibility index (Phi) is 7.15. The Morgan fingerprint density at radius 2 is 1.82 bits per heavy atom. The minimum Gasteiger partial charge on any atom is -0.508 e. The molecule has 1 amide bonds. The van der Waals surface area contributed by atoms with Crippen molar-refractivity contribution >= 4 is 33.7 Å². The van der Waals surface area contributed by atoms with Crippen molar-refractivity contribution in [3.63, 3.8) is 0 Å². The number of nitrogens with one attached hydrogen (secondary N) is 2. The number of aromatic nitrogens is 1. The van der Waals surface area contributed by atoms with Crippen molar-refractivity contribution in [2.24, 2.45) is 0 Å². The monoisotopic (exact) mass is 542 g/mol. The molecular formula is C30H26N2O8. The molecule has 1 unspecified atom stereocenters. The number of hydrogen-bond acceptors (Lipinski definition) is 7. The first kappa shape index (κ1) is 26.4. The van der Waals surface area contributed by atoms with Gasteiger partial charge in [-0.1, -0.05) is 12.1 Å². The minimum atomic E-state index is -1.22. The van der Waals surface area contributed by atoms with Crippen molar-refractivity contribution in [3.05, 3.63) is 88.4 Å². The summed E-state index contributed by atoms with van der Waals surface area (Å²) in [5.41, 5.74) is 3.15. The number of carboxylic acid groups (broad SMARTS) is 1. The second kappa shape index (κ2) is 10.9. The first-order valence-electron chi connectivity index (χ1n) is 12.4. The Labute approximate surface area is 227 Å². The minimum absolute atomic E-state index is 0.00117. The molecule has 0 fully saturated rings. The van der Waals surface area contributed by atoms with Gasteiger partial charge in [-0.15, -0.1) is 0 Å². The summed E-state index contributed by atoms with van der Waals surface area (Å²) in [6, 6.07) is 15.6. The van der Waals surface area contributed by atoms with Gasteiger partial charge < -0.3 is 34.4 Å². The Morgan fingerprint density at radius 1 is 1.05 bits per heavy atom. The van der Waals surface area contributed by atoms with Crippen LogP contribution in [0.5, 0.6) is 17.2 Å². The lowest BCUT2D eigenvalue weighted by Crippen LogP contribution is -2.44. The number of carboxylic acids is 1. The van der Waals surface area contributed by atoms with E-state index in [1.54, 1.807) is 50.6 Å². The lowest BCUT2D eigenvalue weighted by molar-refractivity contribution is -0.142. The van der Waals surface area contributed by atoms with E-state index >= 15 is 0 Å². The van der Waals surface area contributed by atoms with Gasteiger partial charge in [0.05, 0.1) is 7.11 Å². The number of phenols is 1. The number of aliphatic carboxylic acids is 1. The summed E-state index contributed by atoms with van der Waals surface area (Å²) in [5.74, 6) is -0.792. The average molecular weight is 543 g/mol. The van der Waals surface area contributed by atoms with Crippen LogP contribution in [0.1, 0.15) is 11.1 Å². The first-order chi connectivity index (χ1) is 19.2. The molecule has 1 atom stereocenters. The first-order valence-corrected chi connectivity index (χ1v) is 12.4. The third-order valence-electron chi connectivity index (χ3n) is 6.68. The molecule has 10 heteroatoms. The summed E-state index contributed by atoms with van der Waals surface area (Å²) in [4.78, 5) is 40.0. The number of carbonyl (C=O) groups is 2. The second-order valence-electron chi connectivity index (χ2n) is 9.27. The summed E-state index contributed by atoms with van der Waals surface area (Å²) < 4.78 is 16.4. The molecule has 0 radical (unpaired) electrons. The molecule has 5 rings (SSSR count). The van der Waals surface area contributed by atoms with Crippen molar-refractivity contribution < 1.29 is 33.7 Å². The Hall–Kier alpha value is -5.25. The average Bonchev–Trinajstić information content (AvgIpc) is 3.33. The molecule has 40 heavy (non-hydrogen) atoms. The van der Waals surface area contributed by atoms with Gasteiger partial charge in [0, 0.05) is 40.5 Å². The van der Waals surface area contributed by atoms with Crippen LogP contribution in [0, 0.1) is 6.92 Å². The topological polar surface area (TPSA) is 151 Å². The summed E-state index contributed by atoms with van der Waals surface area (Å²) in [7, 11) is 1.57. The van der Waals surface area contributed by atoms with Crippen LogP contribution in [0.4, 0.5) is 0 Å². The highest BCUT2D eigenvalue weighted by atomic mass is 16.5. The van der Waals surface area contributed by atoms with Crippen LogP contribution < -0.4 is 20.4 Å². The molecule has 0 aliphatic carbocycles. The number of phenolic OH excluding ortho intramolecular Hbond substituents is 1. The van der Waals surface area contributed by atoms with Gasteiger partial charge in [-0.2, -0.15) is 0 Å². The predicted molar refractivity (Wildman–Crippen MR) is 148 cm³/mol. The Balaban J connectivity index is 1.32. The van der Waals surface area contributed by atoms with Gasteiger partial charge in [0.15, 0.2) is 6.61 Å². The fourth-order valence-electron chi connectivity index (χ4n) is 4.64. The van der Waals surface area contributed by atoms with Crippen molar-refractivity contribution in [1.29, 1.82) is 0 Å². The summed E-state index contributed by atoms with van der Waals surface area (Å²) in [5, 5.41) is 23.3. The van der Waals surface area contributed by atoms with E-state index in [9.17, 15) is 24.6 Å². The van der Waals surface area contributed by atoms with Crippen LogP contribution in [0.2, 0.25) is 0 Å². The number of aryl methyl sites for hydroxylation is 1. The summed E-state index contributed by atoms with van der Waals surface area (Å²) >= 11 is 0. The van der Waals surface area contributed by atoms with Crippen LogP contribution in [0.25, 0.3) is 33.0 Å². The van der Waals surface area contributed by atoms with E-state index in [0.29, 0.717) is 44.5 Å². The van der Waals surface area contributed by atoms with Crippen LogP contribution in [-0.4, -0.2) is 46.8 Å². The van der Waals surface area contributed by atoms with Crippen molar-refractivity contribution in [2.45, 2.75) is 19.4 Å². The normalized spacial score (nSPS) is 11.8. The number of aromatic hydroxyl groups is 1. The fourth-order valence-corrected chi connectivity index (χ4v) is 4.64. The van der Waals surface area contributed by atoms with E-state index in [0.717, 1.165) is 11.1 Å². The molecule has 5 aromatic rings. The molecule has 0 spiro atoms. The maximum Gasteiger partial charge on any atom is 0.336 e. The van der Waals surface area contributed by atoms with E-state index in [1.807, 2.05) is 12.1 Å². The zero-order valence-corrected chi connectivity index (χ0v) is 21.7. The van der Waals surface area contributed by atoms with Crippen LogP contribution in [-0.2, 0) is 16.0 Å². The number of methoxy groups -OCH3 is 1. The molecule has 2 aromatic heterocycles. The van der Waals surface area contributed by atoms with E-state index < -0.39 is 30.2 Å². The molecule has 0 saturated carbocycles. The van der Waals surface area contributed by atoms with Crippen LogP contribution in [0.3, 0.4) is 0 Å². The Morgan fingerprint density at radius 3 is 2.55 bits per heavy atom. The van der Waals surface area contributed by atoms with Crippen molar-refractivity contribution in [1.82, 2.24) is 10.3 Å². The number of H-pyrrole nitrogens is 1. The van der Waals surface area contributed by atoms with Gasteiger partial charge in [0.25, 0.3) is 5.91 Å². The molecule has 3 aromatic carbocycles. The smallest absolute Gasteiger partial charge is 0.336 e. The molecular weight excluding hydrogens is 516 g/mol. The van der Waals surface area contributed by atoms with Gasteiger partial charge in [0.1, 0.15) is 28.9 Å². The van der Waals surface area contributed by atoms with Gasteiger partial charge in [-0.05, 0) is 66.1 Å². The number of hydrogen-bond donors (Lipinski definition) is 4. The number of carbonyl (C=O) groups excluding carboxylic acids is 1. The van der Waals surface area contributed by atoms with E-state index in [4.69, 9.17) is 13.9 Å². The standard InChI is InChI=1S/C30H26N2O8/c1-16-26(10-8-21-22(13-28(35)40-29(16)21)17-3-6-20(38-2)7-4-17)39-15-27(34)32-25(30(36)37)11-18-14-31-24-9-5-19(33)12-23(18)24/h3-10,12-14,25,31,33H,11,15H2,1-2H3,(H,32,34)(H,36,37).